The van der Waals surface area contributed by atoms with Crippen molar-refractivity contribution in [2.75, 3.05) is 0 Å². The molecule has 0 aliphatic carbocycles. The van der Waals surface area contributed by atoms with Gasteiger partial charge in [-0.3, -0.25) is 4.79 Å². The minimum Gasteiger partial charge on any atom is -0.467 e. The van der Waals surface area contributed by atoms with Crippen molar-refractivity contribution in [2.24, 2.45) is 0 Å². The third-order valence-corrected chi connectivity index (χ3v) is 6.45. The number of carbonyl (C=O) groups is 1. The summed E-state index contributed by atoms with van der Waals surface area (Å²) in [5, 5.41) is 0.280. The second-order valence-corrected chi connectivity index (χ2v) is 9.48. The summed E-state index contributed by atoms with van der Waals surface area (Å²) in [6.45, 7) is -0.121. The Hall–Kier alpha value is -3.69. The molecule has 1 heterocycles. The molecular formula is C25H18ClF2NO5S. The molecule has 0 unspecified atom stereocenters. The fourth-order valence-electron chi connectivity index (χ4n) is 3.32. The number of hydrogen-bond donors (Lipinski definition) is 0. The van der Waals surface area contributed by atoms with Gasteiger partial charge in [-0.1, -0.05) is 17.7 Å². The standard InChI is InChI=1S/C25H18ClF2NO5S/c26-19-6-11-24(34-35(31,32)23-9-7-20(27)8-10-23)18(13-19)15-29(16-22-5-2-12-33-22)25(30)17-3-1-4-21(28)14-17/h1-14H,15-16H2. The van der Waals surface area contributed by atoms with E-state index in [0.29, 0.717) is 5.76 Å². The number of carbonyl (C=O) groups excluding carboxylic acids is 1. The van der Waals surface area contributed by atoms with E-state index in [1.54, 1.807) is 12.1 Å². The zero-order chi connectivity index (χ0) is 25.0. The summed E-state index contributed by atoms with van der Waals surface area (Å²) in [5.41, 5.74) is 0.375. The first kappa shape index (κ1) is 24.4. The van der Waals surface area contributed by atoms with Crippen molar-refractivity contribution in [3.63, 3.8) is 0 Å². The van der Waals surface area contributed by atoms with Gasteiger partial charge in [0.1, 0.15) is 28.0 Å². The van der Waals surface area contributed by atoms with Gasteiger partial charge in [0.2, 0.25) is 0 Å². The van der Waals surface area contributed by atoms with Gasteiger partial charge in [-0.2, -0.15) is 8.42 Å². The quantitative estimate of drug-likeness (QED) is 0.275. The monoisotopic (exact) mass is 517 g/mol. The number of hydrogen-bond acceptors (Lipinski definition) is 5. The molecule has 0 aliphatic heterocycles. The lowest BCUT2D eigenvalue weighted by molar-refractivity contribution is 0.0716. The van der Waals surface area contributed by atoms with Crippen LogP contribution in [0.15, 0.2) is 94.4 Å². The van der Waals surface area contributed by atoms with Gasteiger partial charge < -0.3 is 13.5 Å². The highest BCUT2D eigenvalue weighted by Gasteiger charge is 2.23. The number of rotatable bonds is 8. The molecule has 0 atom stereocenters. The number of furan rings is 1. The molecule has 6 nitrogen and oxygen atoms in total. The predicted molar refractivity (Wildman–Crippen MR) is 124 cm³/mol. The summed E-state index contributed by atoms with van der Waals surface area (Å²) in [6, 6.07) is 16.9. The molecule has 0 radical (unpaired) electrons. The SMILES string of the molecule is O=C(c1cccc(F)c1)N(Cc1ccco1)Cc1cc(Cl)ccc1OS(=O)(=O)c1ccc(F)cc1. The van der Waals surface area contributed by atoms with Crippen LogP contribution in [0.1, 0.15) is 21.7 Å². The third-order valence-electron chi connectivity index (χ3n) is 4.97. The van der Waals surface area contributed by atoms with Crippen LogP contribution in [0.4, 0.5) is 8.78 Å². The van der Waals surface area contributed by atoms with Crippen LogP contribution in [0.2, 0.25) is 5.02 Å². The molecule has 0 saturated carbocycles. The van der Waals surface area contributed by atoms with E-state index in [0.717, 1.165) is 30.3 Å². The Morgan fingerprint density at radius 2 is 1.69 bits per heavy atom. The van der Waals surface area contributed by atoms with Crippen LogP contribution in [0.3, 0.4) is 0 Å². The first-order valence-electron chi connectivity index (χ1n) is 10.3. The van der Waals surface area contributed by atoms with Gasteiger partial charge in [0.25, 0.3) is 5.91 Å². The zero-order valence-electron chi connectivity index (χ0n) is 18.0. The van der Waals surface area contributed by atoms with Crippen LogP contribution in [0.5, 0.6) is 5.75 Å². The van der Waals surface area contributed by atoms with Crippen molar-refractivity contribution in [3.05, 3.63) is 119 Å². The van der Waals surface area contributed by atoms with E-state index in [1.165, 1.54) is 47.6 Å². The summed E-state index contributed by atoms with van der Waals surface area (Å²) in [5.74, 6) is -1.31. The first-order chi connectivity index (χ1) is 16.7. The molecule has 1 aromatic heterocycles. The van der Waals surface area contributed by atoms with Crippen LogP contribution in [0.25, 0.3) is 0 Å². The number of benzene rings is 3. The smallest absolute Gasteiger partial charge is 0.339 e. The predicted octanol–water partition coefficient (Wildman–Crippen LogP) is 5.82. The van der Waals surface area contributed by atoms with Crippen molar-refractivity contribution in [1.82, 2.24) is 4.90 Å². The molecule has 0 bridgehead atoms. The van der Waals surface area contributed by atoms with Gasteiger partial charge in [0, 0.05) is 16.1 Å². The average molecular weight is 518 g/mol. The molecule has 0 saturated heterocycles. The molecule has 0 fully saturated rings. The van der Waals surface area contributed by atoms with E-state index < -0.39 is 27.7 Å². The Morgan fingerprint density at radius 1 is 0.914 bits per heavy atom. The highest BCUT2D eigenvalue weighted by atomic mass is 35.5. The van der Waals surface area contributed by atoms with Crippen molar-refractivity contribution in [3.8, 4) is 5.75 Å². The maximum absolute atomic E-state index is 13.8. The van der Waals surface area contributed by atoms with Crippen LogP contribution in [-0.4, -0.2) is 19.2 Å². The van der Waals surface area contributed by atoms with E-state index >= 15 is 0 Å². The minimum atomic E-state index is -4.31. The summed E-state index contributed by atoms with van der Waals surface area (Å²) < 4.78 is 63.2. The van der Waals surface area contributed by atoms with Crippen LogP contribution < -0.4 is 4.18 Å². The Morgan fingerprint density at radius 3 is 2.37 bits per heavy atom. The van der Waals surface area contributed by atoms with Gasteiger partial charge in [-0.05, 0) is 72.8 Å². The molecule has 0 N–H and O–H groups in total. The van der Waals surface area contributed by atoms with Gasteiger partial charge in [-0.25, -0.2) is 8.78 Å². The minimum absolute atomic E-state index is 0.0129. The Kier molecular flexibility index (Phi) is 7.18. The van der Waals surface area contributed by atoms with Gasteiger partial charge >= 0.3 is 10.1 Å². The molecule has 4 rings (SSSR count). The third kappa shape index (κ3) is 6.06. The van der Waals surface area contributed by atoms with Crippen molar-refractivity contribution in [2.45, 2.75) is 18.0 Å². The molecule has 4 aromatic rings. The molecular weight excluding hydrogens is 500 g/mol. The maximum atomic E-state index is 13.8. The van der Waals surface area contributed by atoms with E-state index in [4.69, 9.17) is 20.2 Å². The normalized spacial score (nSPS) is 11.3. The molecule has 3 aromatic carbocycles. The lowest BCUT2D eigenvalue weighted by Crippen LogP contribution is -2.30. The maximum Gasteiger partial charge on any atom is 0.339 e. The number of halogens is 3. The van der Waals surface area contributed by atoms with Crippen molar-refractivity contribution in [1.29, 1.82) is 0 Å². The number of nitrogens with zero attached hydrogens (tertiary/aromatic N) is 1. The highest BCUT2D eigenvalue weighted by Crippen LogP contribution is 2.29. The van der Waals surface area contributed by atoms with Gasteiger partial charge in [-0.15, -0.1) is 0 Å². The molecule has 35 heavy (non-hydrogen) atoms. The molecule has 180 valence electrons. The fourth-order valence-corrected chi connectivity index (χ4v) is 4.48. The largest absolute Gasteiger partial charge is 0.467 e. The Bertz CT molecular complexity index is 1440. The Labute approximate surface area is 205 Å². The lowest BCUT2D eigenvalue weighted by atomic mass is 10.1. The lowest BCUT2D eigenvalue weighted by Gasteiger charge is -2.23. The molecule has 10 heteroatoms. The van der Waals surface area contributed by atoms with Crippen LogP contribution >= 0.6 is 11.6 Å². The van der Waals surface area contributed by atoms with E-state index in [2.05, 4.69) is 0 Å². The van der Waals surface area contributed by atoms with Gasteiger partial charge in [0.05, 0.1) is 19.4 Å². The van der Waals surface area contributed by atoms with Gasteiger partial charge in [0.15, 0.2) is 0 Å². The van der Waals surface area contributed by atoms with Crippen molar-refractivity contribution >= 4 is 27.6 Å². The highest BCUT2D eigenvalue weighted by molar-refractivity contribution is 7.87. The van der Waals surface area contributed by atoms with Crippen LogP contribution in [0, 0.1) is 11.6 Å². The van der Waals surface area contributed by atoms with Crippen LogP contribution in [-0.2, 0) is 23.2 Å². The summed E-state index contributed by atoms with van der Waals surface area (Å²) >= 11 is 6.15. The zero-order valence-corrected chi connectivity index (χ0v) is 19.6. The second kappa shape index (κ2) is 10.3. The second-order valence-electron chi connectivity index (χ2n) is 7.49. The number of amides is 1. The average Bonchev–Trinajstić information content (AvgIpc) is 3.33. The molecule has 1 amide bonds. The van der Waals surface area contributed by atoms with Crippen molar-refractivity contribution < 1.29 is 30.6 Å². The topological polar surface area (TPSA) is 76.8 Å². The molecule has 0 aliphatic rings. The molecule has 0 spiro atoms. The van der Waals surface area contributed by atoms with E-state index in [-0.39, 0.29) is 39.9 Å². The summed E-state index contributed by atoms with van der Waals surface area (Å²) in [4.78, 5) is 14.3. The summed E-state index contributed by atoms with van der Waals surface area (Å²) in [6.07, 6.45) is 1.45. The van der Waals surface area contributed by atoms with E-state index in [1.807, 2.05) is 0 Å². The summed E-state index contributed by atoms with van der Waals surface area (Å²) in [7, 11) is -4.31. The van der Waals surface area contributed by atoms with E-state index in [9.17, 15) is 22.0 Å². The first-order valence-corrected chi connectivity index (χ1v) is 12.1. The fraction of sp³-hybridized carbons (Fsp3) is 0.0800. The Balaban J connectivity index is 1.68.